The Morgan fingerprint density at radius 1 is 1.14 bits per heavy atom. The molecule has 2 heterocycles. The van der Waals surface area contributed by atoms with Crippen molar-refractivity contribution in [2.45, 2.75) is 32.4 Å². The van der Waals surface area contributed by atoms with E-state index in [1.807, 2.05) is 13.2 Å². The number of fused-ring (bicyclic) bond motifs is 1. The number of nitrogens with one attached hydrogen (secondary N) is 1. The van der Waals surface area contributed by atoms with Crippen LogP contribution in [0.25, 0.3) is 0 Å². The molecule has 1 aliphatic heterocycles. The van der Waals surface area contributed by atoms with E-state index >= 15 is 0 Å². The number of anilines is 1. The second kappa shape index (κ2) is 6.72. The van der Waals surface area contributed by atoms with Gasteiger partial charge in [-0.1, -0.05) is 24.3 Å². The van der Waals surface area contributed by atoms with Crippen LogP contribution < -0.4 is 10.2 Å². The molecule has 0 unspecified atom stereocenters. The highest BCUT2D eigenvalue weighted by Gasteiger charge is 2.15. The van der Waals surface area contributed by atoms with Gasteiger partial charge in [0.15, 0.2) is 0 Å². The Labute approximate surface area is 127 Å². The summed E-state index contributed by atoms with van der Waals surface area (Å²) in [6, 6.07) is 13.1. The average Bonchev–Trinajstić information content (AvgIpc) is 2.72. The predicted molar refractivity (Wildman–Crippen MR) is 87.4 cm³/mol. The van der Waals surface area contributed by atoms with E-state index in [4.69, 9.17) is 0 Å². The summed E-state index contributed by atoms with van der Waals surface area (Å²) in [5, 5.41) is 3.16. The molecule has 1 aliphatic rings. The van der Waals surface area contributed by atoms with Crippen molar-refractivity contribution in [1.82, 2.24) is 10.3 Å². The molecule has 3 rings (SSSR count). The lowest BCUT2D eigenvalue weighted by molar-refractivity contribution is 0.707. The Morgan fingerprint density at radius 3 is 2.86 bits per heavy atom. The average molecular weight is 281 g/mol. The standard InChI is InChI=1S/C18H23N3/c1-19-12-15-9-10-17(20-13-15)14-21-11-5-4-7-16-6-2-3-8-18(16)21/h2-3,6,8-10,13,19H,4-5,7,11-12,14H2,1H3. The molecule has 0 spiro atoms. The maximum absolute atomic E-state index is 4.61. The Bertz CT molecular complexity index is 577. The highest BCUT2D eigenvalue weighted by atomic mass is 15.1. The van der Waals surface area contributed by atoms with Gasteiger partial charge in [-0.25, -0.2) is 0 Å². The number of pyridine rings is 1. The second-order valence-corrected chi connectivity index (χ2v) is 5.70. The fourth-order valence-corrected chi connectivity index (χ4v) is 2.99. The minimum absolute atomic E-state index is 0.875. The molecule has 2 aromatic rings. The third-order valence-corrected chi connectivity index (χ3v) is 4.08. The first kappa shape index (κ1) is 14.1. The lowest BCUT2D eigenvalue weighted by atomic mass is 10.1. The maximum Gasteiger partial charge on any atom is 0.0602 e. The number of rotatable bonds is 4. The summed E-state index contributed by atoms with van der Waals surface area (Å²) >= 11 is 0. The van der Waals surface area contributed by atoms with Gasteiger partial charge >= 0.3 is 0 Å². The van der Waals surface area contributed by atoms with Crippen LogP contribution in [0.4, 0.5) is 5.69 Å². The summed E-state index contributed by atoms with van der Waals surface area (Å²) < 4.78 is 0. The van der Waals surface area contributed by atoms with Crippen molar-refractivity contribution in [2.24, 2.45) is 0 Å². The van der Waals surface area contributed by atoms with Crippen LogP contribution in [0, 0.1) is 0 Å². The van der Waals surface area contributed by atoms with Crippen molar-refractivity contribution >= 4 is 5.69 Å². The molecule has 0 aliphatic carbocycles. The number of aromatic nitrogens is 1. The van der Waals surface area contributed by atoms with E-state index in [1.165, 1.54) is 36.1 Å². The van der Waals surface area contributed by atoms with Gasteiger partial charge in [-0.2, -0.15) is 0 Å². The van der Waals surface area contributed by atoms with Crippen LogP contribution in [-0.2, 0) is 19.5 Å². The van der Waals surface area contributed by atoms with Crippen molar-refractivity contribution < 1.29 is 0 Å². The minimum atomic E-state index is 0.875. The molecule has 0 atom stereocenters. The smallest absolute Gasteiger partial charge is 0.0602 e. The van der Waals surface area contributed by atoms with Crippen LogP contribution in [0.1, 0.15) is 29.7 Å². The number of benzene rings is 1. The molecule has 21 heavy (non-hydrogen) atoms. The van der Waals surface area contributed by atoms with Gasteiger partial charge < -0.3 is 10.2 Å². The maximum atomic E-state index is 4.61. The summed E-state index contributed by atoms with van der Waals surface area (Å²) in [6.45, 7) is 2.90. The quantitative estimate of drug-likeness (QED) is 0.933. The third-order valence-electron chi connectivity index (χ3n) is 4.08. The topological polar surface area (TPSA) is 28.2 Å². The first-order valence-electron chi connectivity index (χ1n) is 7.78. The van der Waals surface area contributed by atoms with Crippen molar-refractivity contribution in [1.29, 1.82) is 0 Å². The van der Waals surface area contributed by atoms with E-state index in [0.717, 1.165) is 25.3 Å². The Morgan fingerprint density at radius 2 is 2.05 bits per heavy atom. The van der Waals surface area contributed by atoms with Crippen LogP contribution in [0.15, 0.2) is 42.6 Å². The van der Waals surface area contributed by atoms with Crippen LogP contribution in [0.3, 0.4) is 0 Å². The lowest BCUT2D eigenvalue weighted by Gasteiger charge is -2.24. The minimum Gasteiger partial charge on any atom is -0.365 e. The van der Waals surface area contributed by atoms with Gasteiger partial charge in [0, 0.05) is 25.0 Å². The molecule has 0 saturated carbocycles. The molecular weight excluding hydrogens is 258 g/mol. The van der Waals surface area contributed by atoms with Crippen LogP contribution in [-0.4, -0.2) is 18.6 Å². The monoisotopic (exact) mass is 281 g/mol. The normalized spacial score (nSPS) is 14.6. The zero-order valence-corrected chi connectivity index (χ0v) is 12.7. The van der Waals surface area contributed by atoms with Crippen molar-refractivity contribution in [3.8, 4) is 0 Å². The lowest BCUT2D eigenvalue weighted by Crippen LogP contribution is -2.24. The Hall–Kier alpha value is -1.87. The molecule has 0 saturated heterocycles. The van der Waals surface area contributed by atoms with Gasteiger partial charge in [0.05, 0.1) is 12.2 Å². The molecule has 3 heteroatoms. The van der Waals surface area contributed by atoms with Gasteiger partial charge in [0.2, 0.25) is 0 Å². The van der Waals surface area contributed by atoms with E-state index in [9.17, 15) is 0 Å². The number of nitrogens with zero attached hydrogens (tertiary/aromatic N) is 2. The second-order valence-electron chi connectivity index (χ2n) is 5.70. The van der Waals surface area contributed by atoms with Crippen LogP contribution >= 0.6 is 0 Å². The van der Waals surface area contributed by atoms with Crippen molar-refractivity contribution in [2.75, 3.05) is 18.5 Å². The van der Waals surface area contributed by atoms with Gasteiger partial charge in [0.1, 0.15) is 0 Å². The number of hydrogen-bond acceptors (Lipinski definition) is 3. The van der Waals surface area contributed by atoms with Gasteiger partial charge in [0.25, 0.3) is 0 Å². The summed E-state index contributed by atoms with van der Waals surface area (Å²) in [5.74, 6) is 0. The van der Waals surface area contributed by atoms with E-state index in [1.54, 1.807) is 0 Å². The fraction of sp³-hybridized carbons (Fsp3) is 0.389. The molecule has 1 aromatic carbocycles. The van der Waals surface area contributed by atoms with E-state index < -0.39 is 0 Å². The van der Waals surface area contributed by atoms with Gasteiger partial charge in [-0.05, 0) is 49.6 Å². The molecule has 1 aromatic heterocycles. The highest BCUT2D eigenvalue weighted by Crippen LogP contribution is 2.27. The van der Waals surface area contributed by atoms with Crippen molar-refractivity contribution in [3.63, 3.8) is 0 Å². The van der Waals surface area contributed by atoms with E-state index in [0.29, 0.717) is 0 Å². The van der Waals surface area contributed by atoms with Gasteiger partial charge in [-0.3, -0.25) is 4.98 Å². The zero-order valence-electron chi connectivity index (χ0n) is 12.7. The number of para-hydroxylation sites is 1. The highest BCUT2D eigenvalue weighted by molar-refractivity contribution is 5.54. The molecule has 3 nitrogen and oxygen atoms in total. The summed E-state index contributed by atoms with van der Waals surface area (Å²) in [7, 11) is 1.96. The first-order chi connectivity index (χ1) is 10.4. The van der Waals surface area contributed by atoms with Crippen LogP contribution in [0.2, 0.25) is 0 Å². The van der Waals surface area contributed by atoms with Crippen molar-refractivity contribution in [3.05, 3.63) is 59.4 Å². The number of hydrogen-bond donors (Lipinski definition) is 1. The summed E-state index contributed by atoms with van der Waals surface area (Å²) in [6.07, 6.45) is 5.71. The molecule has 0 amide bonds. The Kier molecular flexibility index (Phi) is 4.51. The van der Waals surface area contributed by atoms with E-state index in [2.05, 4.69) is 51.6 Å². The first-order valence-corrected chi connectivity index (χ1v) is 7.78. The molecule has 1 N–H and O–H groups in total. The molecule has 0 bridgehead atoms. The predicted octanol–water partition coefficient (Wildman–Crippen LogP) is 3.14. The van der Waals surface area contributed by atoms with E-state index in [-0.39, 0.29) is 0 Å². The molecule has 0 radical (unpaired) electrons. The van der Waals surface area contributed by atoms with Crippen LogP contribution in [0.5, 0.6) is 0 Å². The Balaban J connectivity index is 1.77. The zero-order chi connectivity index (χ0) is 14.5. The SMILES string of the molecule is CNCc1ccc(CN2CCCCc3ccccc32)nc1. The molecule has 0 fully saturated rings. The molecule has 110 valence electrons. The largest absolute Gasteiger partial charge is 0.365 e. The molecular formula is C18H23N3. The summed E-state index contributed by atoms with van der Waals surface area (Å²) in [5.41, 5.74) is 5.24. The number of aryl methyl sites for hydroxylation is 1. The summed E-state index contributed by atoms with van der Waals surface area (Å²) in [4.78, 5) is 7.09. The van der Waals surface area contributed by atoms with Gasteiger partial charge in [-0.15, -0.1) is 0 Å². The third kappa shape index (κ3) is 3.42. The fourth-order valence-electron chi connectivity index (χ4n) is 2.99.